The summed E-state index contributed by atoms with van der Waals surface area (Å²) < 4.78 is 13.2. The highest BCUT2D eigenvalue weighted by Crippen LogP contribution is 2.18. The SMILES string of the molecule is CN=C(NCCCc1c[nH]c2ccccc12)NCCc1cccc(F)c1.I. The van der Waals surface area contributed by atoms with E-state index in [2.05, 4.69) is 45.0 Å². The first-order valence-corrected chi connectivity index (χ1v) is 9.00. The van der Waals surface area contributed by atoms with Gasteiger partial charge in [0.15, 0.2) is 5.96 Å². The maximum absolute atomic E-state index is 13.2. The number of H-pyrrole nitrogens is 1. The molecule has 4 nitrogen and oxygen atoms in total. The monoisotopic (exact) mass is 480 g/mol. The van der Waals surface area contributed by atoms with Crippen LogP contribution in [0.4, 0.5) is 4.39 Å². The fourth-order valence-corrected chi connectivity index (χ4v) is 3.06. The maximum atomic E-state index is 13.2. The fraction of sp³-hybridized carbons (Fsp3) is 0.286. The van der Waals surface area contributed by atoms with Gasteiger partial charge >= 0.3 is 0 Å². The molecule has 0 saturated heterocycles. The van der Waals surface area contributed by atoms with Gasteiger partial charge < -0.3 is 15.6 Å². The van der Waals surface area contributed by atoms with Crippen molar-refractivity contribution in [3.8, 4) is 0 Å². The molecule has 0 atom stereocenters. The summed E-state index contributed by atoms with van der Waals surface area (Å²) in [5, 5.41) is 7.90. The maximum Gasteiger partial charge on any atom is 0.190 e. The molecule has 27 heavy (non-hydrogen) atoms. The molecule has 3 N–H and O–H groups in total. The van der Waals surface area contributed by atoms with Gasteiger partial charge in [0, 0.05) is 37.2 Å². The van der Waals surface area contributed by atoms with E-state index in [1.54, 1.807) is 19.2 Å². The molecule has 0 fully saturated rings. The van der Waals surface area contributed by atoms with Crippen molar-refractivity contribution < 1.29 is 4.39 Å². The summed E-state index contributed by atoms with van der Waals surface area (Å²) in [5.74, 6) is 0.586. The molecule has 0 amide bonds. The zero-order valence-corrected chi connectivity index (χ0v) is 17.8. The number of nitrogens with one attached hydrogen (secondary N) is 3. The highest BCUT2D eigenvalue weighted by molar-refractivity contribution is 14.0. The molecular weight excluding hydrogens is 454 g/mol. The van der Waals surface area contributed by atoms with Gasteiger partial charge in [-0.05, 0) is 48.6 Å². The number of aromatic amines is 1. The Hall–Kier alpha value is -2.09. The standard InChI is InChI=1S/C21H25FN4.HI/c1-23-21(25-13-11-16-6-4-8-18(22)14-16)24-12-5-7-17-15-26-20-10-3-2-9-19(17)20;/h2-4,6,8-10,14-15,26H,5,7,11-13H2,1H3,(H2,23,24,25);1H. The molecule has 0 aliphatic rings. The number of para-hydroxylation sites is 1. The largest absolute Gasteiger partial charge is 0.361 e. The summed E-state index contributed by atoms with van der Waals surface area (Å²) >= 11 is 0. The number of aromatic nitrogens is 1. The summed E-state index contributed by atoms with van der Waals surface area (Å²) in [5.41, 5.74) is 3.51. The Kier molecular flexibility index (Phi) is 8.57. The molecule has 0 radical (unpaired) electrons. The minimum Gasteiger partial charge on any atom is -0.361 e. The first kappa shape index (κ1) is 21.2. The Balaban J connectivity index is 0.00000261. The summed E-state index contributed by atoms with van der Waals surface area (Å²) in [4.78, 5) is 7.55. The van der Waals surface area contributed by atoms with E-state index in [-0.39, 0.29) is 29.8 Å². The Morgan fingerprint density at radius 1 is 1.04 bits per heavy atom. The molecular formula is C21H26FIN4. The van der Waals surface area contributed by atoms with Crippen molar-refractivity contribution in [3.05, 3.63) is 71.7 Å². The second kappa shape index (κ2) is 10.9. The normalized spacial score (nSPS) is 11.3. The molecule has 2 aromatic carbocycles. The van der Waals surface area contributed by atoms with Crippen LogP contribution in [0.5, 0.6) is 0 Å². The molecule has 144 valence electrons. The highest BCUT2D eigenvalue weighted by atomic mass is 127. The van der Waals surface area contributed by atoms with Crippen LogP contribution in [0, 0.1) is 5.82 Å². The second-order valence-corrected chi connectivity index (χ2v) is 6.27. The van der Waals surface area contributed by atoms with E-state index in [0.29, 0.717) is 6.54 Å². The minimum atomic E-state index is -0.192. The molecule has 6 heteroatoms. The number of halogens is 2. The lowest BCUT2D eigenvalue weighted by atomic mass is 10.1. The Bertz CT molecular complexity index is 875. The lowest BCUT2D eigenvalue weighted by Gasteiger charge is -2.12. The van der Waals surface area contributed by atoms with Gasteiger partial charge in [-0.1, -0.05) is 30.3 Å². The molecule has 1 aromatic heterocycles. The van der Waals surface area contributed by atoms with E-state index in [1.165, 1.54) is 22.5 Å². The third-order valence-corrected chi connectivity index (χ3v) is 4.41. The van der Waals surface area contributed by atoms with Crippen molar-refractivity contribution >= 4 is 40.8 Å². The van der Waals surface area contributed by atoms with E-state index in [0.717, 1.165) is 37.3 Å². The van der Waals surface area contributed by atoms with E-state index in [4.69, 9.17) is 0 Å². The van der Waals surface area contributed by atoms with Gasteiger partial charge in [-0.25, -0.2) is 4.39 Å². The van der Waals surface area contributed by atoms with Crippen LogP contribution in [-0.2, 0) is 12.8 Å². The number of hydrogen-bond acceptors (Lipinski definition) is 1. The quantitative estimate of drug-likeness (QED) is 0.205. The van der Waals surface area contributed by atoms with E-state index in [9.17, 15) is 4.39 Å². The van der Waals surface area contributed by atoms with Crippen molar-refractivity contribution in [2.24, 2.45) is 4.99 Å². The summed E-state index contributed by atoms with van der Waals surface area (Å²) in [6.45, 7) is 1.56. The van der Waals surface area contributed by atoms with Gasteiger partial charge in [0.25, 0.3) is 0 Å². The Labute approximate surface area is 176 Å². The molecule has 0 aliphatic heterocycles. The predicted molar refractivity (Wildman–Crippen MR) is 122 cm³/mol. The first-order chi connectivity index (χ1) is 12.8. The number of rotatable bonds is 7. The smallest absolute Gasteiger partial charge is 0.190 e. The van der Waals surface area contributed by atoms with Crippen LogP contribution in [0.3, 0.4) is 0 Å². The van der Waals surface area contributed by atoms with Crippen LogP contribution >= 0.6 is 24.0 Å². The molecule has 0 spiro atoms. The number of hydrogen-bond donors (Lipinski definition) is 3. The van der Waals surface area contributed by atoms with E-state index < -0.39 is 0 Å². The number of fused-ring (bicyclic) bond motifs is 1. The van der Waals surface area contributed by atoms with Crippen LogP contribution in [0.15, 0.2) is 59.7 Å². The molecule has 3 aromatic rings. The lowest BCUT2D eigenvalue weighted by molar-refractivity contribution is 0.625. The lowest BCUT2D eigenvalue weighted by Crippen LogP contribution is -2.38. The van der Waals surface area contributed by atoms with Gasteiger partial charge in [-0.2, -0.15) is 0 Å². The fourth-order valence-electron chi connectivity index (χ4n) is 3.06. The topological polar surface area (TPSA) is 52.2 Å². The van der Waals surface area contributed by atoms with Crippen LogP contribution in [-0.4, -0.2) is 31.1 Å². The zero-order chi connectivity index (χ0) is 18.2. The van der Waals surface area contributed by atoms with Crippen LogP contribution in [0.2, 0.25) is 0 Å². The van der Waals surface area contributed by atoms with Gasteiger partial charge in [0.05, 0.1) is 0 Å². The van der Waals surface area contributed by atoms with Gasteiger partial charge in [0.2, 0.25) is 0 Å². The van der Waals surface area contributed by atoms with Crippen LogP contribution in [0.25, 0.3) is 10.9 Å². The van der Waals surface area contributed by atoms with Gasteiger partial charge in [-0.3, -0.25) is 4.99 Å². The number of aryl methyl sites for hydroxylation is 1. The Morgan fingerprint density at radius 3 is 2.67 bits per heavy atom. The third kappa shape index (κ3) is 6.23. The summed E-state index contributed by atoms with van der Waals surface area (Å²) in [7, 11) is 1.76. The van der Waals surface area contributed by atoms with E-state index in [1.807, 2.05) is 12.1 Å². The zero-order valence-electron chi connectivity index (χ0n) is 15.5. The van der Waals surface area contributed by atoms with Crippen LogP contribution < -0.4 is 10.6 Å². The van der Waals surface area contributed by atoms with Crippen molar-refractivity contribution in [1.29, 1.82) is 0 Å². The van der Waals surface area contributed by atoms with Crippen LogP contribution in [0.1, 0.15) is 17.5 Å². The number of guanidine groups is 1. The molecule has 1 heterocycles. The van der Waals surface area contributed by atoms with Gasteiger partial charge in [0.1, 0.15) is 5.82 Å². The number of aliphatic imine (C=N–C) groups is 1. The molecule has 0 unspecified atom stereocenters. The highest BCUT2D eigenvalue weighted by Gasteiger charge is 2.03. The average molecular weight is 480 g/mol. The molecule has 0 aliphatic carbocycles. The van der Waals surface area contributed by atoms with Crippen molar-refractivity contribution in [1.82, 2.24) is 15.6 Å². The number of benzene rings is 2. The molecule has 0 saturated carbocycles. The summed E-state index contributed by atoms with van der Waals surface area (Å²) in [6, 6.07) is 15.1. The van der Waals surface area contributed by atoms with Gasteiger partial charge in [-0.15, -0.1) is 24.0 Å². The van der Waals surface area contributed by atoms with Crippen molar-refractivity contribution in [3.63, 3.8) is 0 Å². The summed E-state index contributed by atoms with van der Waals surface area (Å²) in [6.07, 6.45) is 4.88. The molecule has 3 rings (SSSR count). The molecule has 0 bridgehead atoms. The third-order valence-electron chi connectivity index (χ3n) is 4.41. The number of nitrogens with zero attached hydrogens (tertiary/aromatic N) is 1. The Morgan fingerprint density at radius 2 is 1.85 bits per heavy atom. The first-order valence-electron chi connectivity index (χ1n) is 9.00. The minimum absolute atomic E-state index is 0. The van der Waals surface area contributed by atoms with Crippen molar-refractivity contribution in [2.45, 2.75) is 19.3 Å². The second-order valence-electron chi connectivity index (χ2n) is 6.27. The van der Waals surface area contributed by atoms with Crippen molar-refractivity contribution in [2.75, 3.05) is 20.1 Å². The van der Waals surface area contributed by atoms with E-state index >= 15 is 0 Å². The predicted octanol–water partition coefficient (Wildman–Crippen LogP) is 4.27. The average Bonchev–Trinajstić information content (AvgIpc) is 3.07.